The monoisotopic (exact) mass is 886 g/mol. The summed E-state index contributed by atoms with van der Waals surface area (Å²) in [7, 11) is 3.18. The van der Waals surface area contributed by atoms with Crippen molar-refractivity contribution < 1.29 is 34.4 Å². The summed E-state index contributed by atoms with van der Waals surface area (Å²) in [4.78, 5) is 62.5. The Morgan fingerprint density at radius 2 is 1.69 bits per heavy atom. The Morgan fingerprint density at radius 3 is 2.38 bits per heavy atom. The molecule has 3 aromatic heterocycles. The molecule has 0 saturated carbocycles. The molecule has 65 heavy (non-hydrogen) atoms. The van der Waals surface area contributed by atoms with E-state index in [2.05, 4.69) is 20.0 Å². The highest BCUT2D eigenvalue weighted by Crippen LogP contribution is 2.39. The van der Waals surface area contributed by atoms with Crippen LogP contribution in [0.5, 0.6) is 17.2 Å². The van der Waals surface area contributed by atoms with Gasteiger partial charge in [0.1, 0.15) is 23.4 Å². The molecule has 8 rings (SSSR count). The molecule has 5 heterocycles. The van der Waals surface area contributed by atoms with Crippen molar-refractivity contribution in [1.29, 1.82) is 0 Å². The number of phenolic OH excluding ortho intramolecular Hbond substituents is 2. The maximum absolute atomic E-state index is 13.6. The summed E-state index contributed by atoms with van der Waals surface area (Å²) < 4.78 is 14.1. The fraction of sp³-hybridized carbons (Fsp3) is 0.375. The summed E-state index contributed by atoms with van der Waals surface area (Å²) >= 11 is 0. The van der Waals surface area contributed by atoms with Crippen LogP contribution in [0.3, 0.4) is 0 Å². The van der Waals surface area contributed by atoms with Crippen LogP contribution in [-0.2, 0) is 35.6 Å². The molecule has 3 aromatic carbocycles. The predicted molar refractivity (Wildman–Crippen MR) is 244 cm³/mol. The first kappa shape index (κ1) is 44.9. The molecule has 0 radical (unpaired) electrons. The molecular formula is C48H54N8O9. The summed E-state index contributed by atoms with van der Waals surface area (Å²) in [6.45, 7) is 11.7. The number of phenols is 2. The molecule has 0 aliphatic carbocycles. The second kappa shape index (κ2) is 18.8. The Kier molecular flexibility index (Phi) is 13.0. The number of methoxy groups -OCH3 is 1. The second-order valence-electron chi connectivity index (χ2n) is 17.0. The number of amides is 1. The fourth-order valence-electron chi connectivity index (χ4n) is 8.98. The smallest absolute Gasteiger partial charge is 0.414 e. The molecule has 0 bridgehead atoms. The van der Waals surface area contributed by atoms with Crippen molar-refractivity contribution in [3.63, 3.8) is 0 Å². The number of ether oxygens (including phenoxy) is 2. The van der Waals surface area contributed by atoms with E-state index in [0.29, 0.717) is 58.7 Å². The van der Waals surface area contributed by atoms with E-state index in [4.69, 9.17) is 14.5 Å². The van der Waals surface area contributed by atoms with Gasteiger partial charge >= 0.3 is 11.8 Å². The zero-order valence-electron chi connectivity index (χ0n) is 37.2. The van der Waals surface area contributed by atoms with Gasteiger partial charge in [-0.3, -0.25) is 9.69 Å². The lowest BCUT2D eigenvalue weighted by molar-refractivity contribution is -0.115. The number of aromatic hydroxyl groups is 2. The first-order valence-corrected chi connectivity index (χ1v) is 21.8. The van der Waals surface area contributed by atoms with E-state index in [9.17, 15) is 34.5 Å². The Labute approximate surface area is 375 Å². The summed E-state index contributed by atoms with van der Waals surface area (Å²) in [6, 6.07) is 17.6. The zero-order chi connectivity index (χ0) is 46.1. The number of hydrogen-bond donors (Lipinski definition) is 4. The lowest BCUT2D eigenvalue weighted by atomic mass is 9.98. The minimum Gasteiger partial charge on any atom is -0.508 e. The number of aromatic amines is 1. The first-order valence-electron chi connectivity index (χ1n) is 21.8. The highest BCUT2D eigenvalue weighted by atomic mass is 16.6. The molecule has 4 N–H and O–H groups in total. The molecule has 6 aromatic rings. The molecule has 1 amide bonds. The highest BCUT2D eigenvalue weighted by molar-refractivity contribution is 5.89. The number of aliphatic hydroxyl groups is 1. The normalized spacial score (nSPS) is 14.4. The lowest BCUT2D eigenvalue weighted by Gasteiger charge is -2.35. The van der Waals surface area contributed by atoms with E-state index in [1.165, 1.54) is 17.7 Å². The van der Waals surface area contributed by atoms with Crippen LogP contribution in [0.1, 0.15) is 72.6 Å². The summed E-state index contributed by atoms with van der Waals surface area (Å²) in [5, 5.41) is 38.9. The Balaban J connectivity index is 0.836. The average Bonchev–Trinajstić information content (AvgIpc) is 3.86. The van der Waals surface area contributed by atoms with E-state index in [0.717, 1.165) is 67.8 Å². The van der Waals surface area contributed by atoms with Gasteiger partial charge in [0.15, 0.2) is 12.1 Å². The van der Waals surface area contributed by atoms with Crippen molar-refractivity contribution in [2.75, 3.05) is 53.4 Å². The molecule has 1 fully saturated rings. The van der Waals surface area contributed by atoms with Gasteiger partial charge in [0, 0.05) is 81.6 Å². The molecule has 2 aliphatic rings. The molecule has 1 atom stereocenters. The number of carbonyl (C=O) groups excluding carboxylic acids is 2. The molecule has 1 saturated heterocycles. The number of benzene rings is 3. The topological polar surface area (TPSA) is 209 Å². The molecule has 0 spiro atoms. The van der Waals surface area contributed by atoms with Crippen molar-refractivity contribution >= 4 is 23.3 Å². The van der Waals surface area contributed by atoms with E-state index < -0.39 is 17.9 Å². The maximum Gasteiger partial charge on any atom is 0.414 e. The number of hydrogen-bond acceptors (Lipinski definition) is 13. The number of aryl methyl sites for hydroxylation is 1. The Bertz CT molecular complexity index is 2880. The molecule has 17 heteroatoms. The first-order chi connectivity index (χ1) is 31.3. The summed E-state index contributed by atoms with van der Waals surface area (Å²) in [5.74, 6) is 0.443. The minimum atomic E-state index is -1.47. The standard InChI is InChI=1S/C48H54N8O9/c1-6-32-34-20-31(12-13-39(34)49-44-37(32)25-55-40(44)22-35(43(60)26-57)38(27-64-5)46(55)61)65-48(63)52(4)14-7-15-53-16-18-54(19-17-53)24-29-8-10-30(11-9-29)56-45(50-51-47(56)62)36-21-33(28(2)3)41(58)23-42(36)59/h8-13,20-23,26,28,43,58-60H,6-7,14-19,24-25,27H2,1-5H3,(H,51,62). The maximum atomic E-state index is 13.6. The number of aldehydes is 1. The molecule has 17 nitrogen and oxygen atoms in total. The SMILES string of the molecule is CCc1c2c(nc3ccc(OC(=O)N(C)CCCN4CCN(Cc5ccc(-n6c(-c7cc(C(C)C)c(O)cc7O)n[nH]c6=O)cc5)CC4)cc13)-c1cc(C(O)C=O)c(COC)c(=O)n1C2. The van der Waals surface area contributed by atoms with Crippen LogP contribution in [0, 0.1) is 0 Å². The Morgan fingerprint density at radius 1 is 0.954 bits per heavy atom. The van der Waals surface area contributed by atoms with Crippen LogP contribution in [0.2, 0.25) is 0 Å². The quantitative estimate of drug-likeness (QED) is 0.0993. The molecule has 1 unspecified atom stereocenters. The number of aromatic nitrogens is 5. The van der Waals surface area contributed by atoms with Crippen molar-refractivity contribution in [3.8, 4) is 45.7 Å². The number of nitrogens with one attached hydrogen (secondary N) is 1. The van der Waals surface area contributed by atoms with Crippen LogP contribution >= 0.6 is 0 Å². The third-order valence-electron chi connectivity index (χ3n) is 12.5. The Hall–Kier alpha value is -6.66. The third kappa shape index (κ3) is 8.92. The lowest BCUT2D eigenvalue weighted by Crippen LogP contribution is -2.46. The number of aliphatic hydroxyl groups excluding tert-OH is 1. The van der Waals surface area contributed by atoms with Gasteiger partial charge in [0.2, 0.25) is 0 Å². The van der Waals surface area contributed by atoms with Crippen LogP contribution in [0.25, 0.3) is 39.4 Å². The number of carbonyl (C=O) groups is 2. The van der Waals surface area contributed by atoms with Crippen LogP contribution in [-0.4, -0.2) is 120 Å². The zero-order valence-corrected chi connectivity index (χ0v) is 37.2. The minimum absolute atomic E-state index is 0.00643. The second-order valence-corrected chi connectivity index (χ2v) is 17.0. The predicted octanol–water partition coefficient (Wildman–Crippen LogP) is 5.08. The van der Waals surface area contributed by atoms with Crippen molar-refractivity contribution in [2.45, 2.75) is 65.3 Å². The average molecular weight is 887 g/mol. The molecular weight excluding hydrogens is 833 g/mol. The van der Waals surface area contributed by atoms with Gasteiger partial charge in [-0.2, -0.15) is 5.10 Å². The van der Waals surface area contributed by atoms with Gasteiger partial charge in [0.25, 0.3) is 5.56 Å². The number of nitrogens with zero attached hydrogens (tertiary/aromatic N) is 7. The van der Waals surface area contributed by atoms with E-state index in [-0.39, 0.29) is 53.1 Å². The number of rotatable bonds is 15. The van der Waals surface area contributed by atoms with Gasteiger partial charge in [-0.05, 0) is 84.5 Å². The van der Waals surface area contributed by atoms with E-state index in [1.807, 2.05) is 51.1 Å². The van der Waals surface area contributed by atoms with Gasteiger partial charge in [-0.25, -0.2) is 24.2 Å². The van der Waals surface area contributed by atoms with Gasteiger partial charge < -0.3 is 44.0 Å². The largest absolute Gasteiger partial charge is 0.508 e. The van der Waals surface area contributed by atoms with Crippen molar-refractivity contribution in [2.24, 2.45) is 0 Å². The fourth-order valence-corrected chi connectivity index (χ4v) is 8.98. The van der Waals surface area contributed by atoms with Crippen molar-refractivity contribution in [3.05, 3.63) is 115 Å². The van der Waals surface area contributed by atoms with Gasteiger partial charge in [0.05, 0.1) is 41.3 Å². The van der Waals surface area contributed by atoms with Crippen molar-refractivity contribution in [1.82, 2.24) is 39.0 Å². The van der Waals surface area contributed by atoms with Gasteiger partial charge in [-0.1, -0.05) is 32.9 Å². The van der Waals surface area contributed by atoms with Crippen LogP contribution in [0.4, 0.5) is 4.79 Å². The van der Waals surface area contributed by atoms with E-state index >= 15 is 0 Å². The molecule has 2 aliphatic heterocycles. The molecule has 340 valence electrons. The highest BCUT2D eigenvalue weighted by Gasteiger charge is 2.30. The number of piperazine rings is 1. The number of H-pyrrole nitrogens is 1. The number of fused-ring (bicyclic) bond motifs is 4. The summed E-state index contributed by atoms with van der Waals surface area (Å²) in [6.07, 6.45) is -0.143. The summed E-state index contributed by atoms with van der Waals surface area (Å²) in [5.41, 5.74) is 5.96. The van der Waals surface area contributed by atoms with E-state index in [1.54, 1.807) is 40.8 Å². The number of pyridine rings is 2. The van der Waals surface area contributed by atoms with Crippen LogP contribution < -0.4 is 16.0 Å². The van der Waals surface area contributed by atoms with Gasteiger partial charge in [-0.15, -0.1) is 0 Å². The third-order valence-corrected chi connectivity index (χ3v) is 12.5. The van der Waals surface area contributed by atoms with Crippen LogP contribution in [0.15, 0.2) is 70.3 Å².